The smallest absolute Gasteiger partial charge is 0.255 e. The first kappa shape index (κ1) is 19.2. The van der Waals surface area contributed by atoms with Crippen LogP contribution < -0.4 is 15.5 Å². The van der Waals surface area contributed by atoms with Gasteiger partial charge >= 0.3 is 0 Å². The molecule has 0 atom stereocenters. The number of amides is 2. The fourth-order valence-electron chi connectivity index (χ4n) is 2.73. The molecule has 3 rings (SSSR count). The van der Waals surface area contributed by atoms with Crippen LogP contribution in [0.1, 0.15) is 26.3 Å². The molecule has 0 radical (unpaired) electrons. The van der Waals surface area contributed by atoms with Crippen molar-refractivity contribution in [2.24, 2.45) is 0 Å². The van der Waals surface area contributed by atoms with Gasteiger partial charge in [0.15, 0.2) is 0 Å². The fourth-order valence-corrected chi connectivity index (χ4v) is 2.73. The predicted molar refractivity (Wildman–Crippen MR) is 113 cm³/mol. The highest BCUT2D eigenvalue weighted by atomic mass is 16.2. The van der Waals surface area contributed by atoms with Crippen LogP contribution in [0, 0.1) is 0 Å². The lowest BCUT2D eigenvalue weighted by atomic mass is 10.1. The van der Waals surface area contributed by atoms with E-state index >= 15 is 0 Å². The quantitative estimate of drug-likeness (QED) is 0.688. The molecule has 2 amide bonds. The van der Waals surface area contributed by atoms with Gasteiger partial charge in [0.25, 0.3) is 11.8 Å². The number of nitrogens with one attached hydrogen (secondary N) is 2. The Morgan fingerprint density at radius 2 is 1.46 bits per heavy atom. The Kier molecular flexibility index (Phi) is 6.07. The van der Waals surface area contributed by atoms with Gasteiger partial charge in [0.2, 0.25) is 0 Å². The minimum absolute atomic E-state index is 0.156. The van der Waals surface area contributed by atoms with Gasteiger partial charge in [-0.25, -0.2) is 0 Å². The van der Waals surface area contributed by atoms with Crippen molar-refractivity contribution in [1.82, 2.24) is 5.32 Å². The first-order valence-electron chi connectivity index (χ1n) is 9.04. The number of hydrogen-bond donors (Lipinski definition) is 2. The second-order valence-corrected chi connectivity index (χ2v) is 6.64. The zero-order valence-electron chi connectivity index (χ0n) is 16.0. The number of carbonyl (C=O) groups excluding carboxylic acids is 2. The molecule has 5 heteroatoms. The average Bonchev–Trinajstić information content (AvgIpc) is 2.73. The molecule has 0 aliphatic carbocycles. The summed E-state index contributed by atoms with van der Waals surface area (Å²) in [5.41, 5.74) is 3.89. The van der Waals surface area contributed by atoms with Gasteiger partial charge in [0.1, 0.15) is 0 Å². The Morgan fingerprint density at radius 1 is 0.786 bits per heavy atom. The molecule has 0 heterocycles. The zero-order valence-corrected chi connectivity index (χ0v) is 16.0. The van der Waals surface area contributed by atoms with Crippen LogP contribution >= 0.6 is 0 Å². The van der Waals surface area contributed by atoms with Crippen molar-refractivity contribution in [2.75, 3.05) is 24.3 Å². The number of hydrogen-bond acceptors (Lipinski definition) is 3. The van der Waals surface area contributed by atoms with Crippen LogP contribution in [0.25, 0.3) is 0 Å². The van der Waals surface area contributed by atoms with Crippen LogP contribution in [0.3, 0.4) is 0 Å². The highest BCUT2D eigenvalue weighted by molar-refractivity contribution is 6.04. The Bertz CT molecular complexity index is 951. The number of nitrogens with zero attached hydrogens (tertiary/aromatic N) is 1. The van der Waals surface area contributed by atoms with Crippen LogP contribution in [-0.4, -0.2) is 25.9 Å². The molecule has 3 aromatic rings. The molecule has 0 spiro atoms. The topological polar surface area (TPSA) is 61.4 Å². The van der Waals surface area contributed by atoms with E-state index in [0.717, 1.165) is 11.3 Å². The predicted octanol–water partition coefficient (Wildman–Crippen LogP) is 3.93. The van der Waals surface area contributed by atoms with Gasteiger partial charge in [-0.1, -0.05) is 30.3 Å². The largest absolute Gasteiger partial charge is 0.378 e. The molecule has 0 bridgehead atoms. The number of anilines is 2. The van der Waals surface area contributed by atoms with Gasteiger partial charge < -0.3 is 15.5 Å². The van der Waals surface area contributed by atoms with E-state index in [-0.39, 0.29) is 11.8 Å². The first-order valence-corrected chi connectivity index (χ1v) is 9.04. The number of benzene rings is 3. The summed E-state index contributed by atoms with van der Waals surface area (Å²) in [5, 5.41) is 5.75. The monoisotopic (exact) mass is 373 g/mol. The third kappa shape index (κ3) is 4.98. The van der Waals surface area contributed by atoms with Gasteiger partial charge in [-0.3, -0.25) is 9.59 Å². The Labute approximate surface area is 165 Å². The SMILES string of the molecule is CN(C)c1cccc(CNC(=O)c2ccc(NC(=O)c3ccccc3)cc2)c1. The van der Waals surface area contributed by atoms with Crippen LogP contribution in [-0.2, 0) is 6.54 Å². The zero-order chi connectivity index (χ0) is 19.9. The maximum atomic E-state index is 12.4. The van der Waals surface area contributed by atoms with E-state index in [9.17, 15) is 9.59 Å². The van der Waals surface area contributed by atoms with E-state index in [1.807, 2.05) is 61.5 Å². The maximum absolute atomic E-state index is 12.4. The van der Waals surface area contributed by atoms with Gasteiger partial charge in [0, 0.05) is 43.1 Å². The normalized spacial score (nSPS) is 10.2. The van der Waals surface area contributed by atoms with Crippen LogP contribution in [0.15, 0.2) is 78.9 Å². The average molecular weight is 373 g/mol. The van der Waals surface area contributed by atoms with Gasteiger partial charge in [-0.15, -0.1) is 0 Å². The molecule has 0 fully saturated rings. The van der Waals surface area contributed by atoms with Crippen molar-refractivity contribution in [3.8, 4) is 0 Å². The molecule has 142 valence electrons. The van der Waals surface area contributed by atoms with Gasteiger partial charge in [-0.05, 0) is 54.1 Å². The molecular weight excluding hydrogens is 350 g/mol. The van der Waals surface area contributed by atoms with Crippen molar-refractivity contribution in [3.05, 3.63) is 95.6 Å². The molecule has 0 unspecified atom stereocenters. The van der Waals surface area contributed by atoms with Crippen LogP contribution in [0.4, 0.5) is 11.4 Å². The Balaban J connectivity index is 1.58. The first-order chi connectivity index (χ1) is 13.5. The second-order valence-electron chi connectivity index (χ2n) is 6.64. The van der Waals surface area contributed by atoms with Crippen molar-refractivity contribution in [1.29, 1.82) is 0 Å². The summed E-state index contributed by atoms with van der Waals surface area (Å²) in [7, 11) is 3.96. The minimum atomic E-state index is -0.182. The van der Waals surface area contributed by atoms with Crippen molar-refractivity contribution < 1.29 is 9.59 Å². The summed E-state index contributed by atoms with van der Waals surface area (Å²) < 4.78 is 0. The highest BCUT2D eigenvalue weighted by Gasteiger charge is 2.08. The van der Waals surface area contributed by atoms with Gasteiger partial charge in [-0.2, -0.15) is 0 Å². The number of rotatable bonds is 6. The lowest BCUT2D eigenvalue weighted by Gasteiger charge is -2.14. The van der Waals surface area contributed by atoms with E-state index in [4.69, 9.17) is 0 Å². The molecular formula is C23H23N3O2. The van der Waals surface area contributed by atoms with E-state index in [1.54, 1.807) is 36.4 Å². The van der Waals surface area contributed by atoms with E-state index in [0.29, 0.717) is 23.4 Å². The molecule has 2 N–H and O–H groups in total. The minimum Gasteiger partial charge on any atom is -0.378 e. The van der Waals surface area contributed by atoms with E-state index in [2.05, 4.69) is 10.6 Å². The molecule has 0 saturated carbocycles. The Hall–Kier alpha value is -3.60. The van der Waals surface area contributed by atoms with Crippen LogP contribution in [0.2, 0.25) is 0 Å². The molecule has 28 heavy (non-hydrogen) atoms. The summed E-state index contributed by atoms with van der Waals surface area (Å²) in [5.74, 6) is -0.338. The third-order valence-corrected chi connectivity index (χ3v) is 4.32. The van der Waals surface area contributed by atoms with Crippen molar-refractivity contribution in [2.45, 2.75) is 6.54 Å². The van der Waals surface area contributed by atoms with Crippen LogP contribution in [0.5, 0.6) is 0 Å². The Morgan fingerprint density at radius 3 is 2.14 bits per heavy atom. The molecule has 0 aromatic heterocycles. The van der Waals surface area contributed by atoms with E-state index < -0.39 is 0 Å². The van der Waals surface area contributed by atoms with Crippen molar-refractivity contribution in [3.63, 3.8) is 0 Å². The molecule has 5 nitrogen and oxygen atoms in total. The summed E-state index contributed by atoms with van der Waals surface area (Å²) >= 11 is 0. The maximum Gasteiger partial charge on any atom is 0.255 e. The fraction of sp³-hybridized carbons (Fsp3) is 0.130. The molecule has 0 aliphatic heterocycles. The summed E-state index contributed by atoms with van der Waals surface area (Å²) in [4.78, 5) is 26.6. The highest BCUT2D eigenvalue weighted by Crippen LogP contribution is 2.14. The summed E-state index contributed by atoms with van der Waals surface area (Å²) in [6.45, 7) is 0.451. The standard InChI is InChI=1S/C23H23N3O2/c1-26(2)21-10-6-7-17(15-21)16-24-22(27)19-11-13-20(14-12-19)25-23(28)18-8-4-3-5-9-18/h3-15H,16H2,1-2H3,(H,24,27)(H,25,28). The molecule has 3 aromatic carbocycles. The lowest BCUT2D eigenvalue weighted by molar-refractivity contribution is 0.0950. The summed E-state index contributed by atoms with van der Waals surface area (Å²) in [6.07, 6.45) is 0. The second kappa shape index (κ2) is 8.86. The van der Waals surface area contributed by atoms with Crippen molar-refractivity contribution >= 4 is 23.2 Å². The molecule has 0 aliphatic rings. The number of carbonyl (C=O) groups is 2. The third-order valence-electron chi connectivity index (χ3n) is 4.32. The summed E-state index contributed by atoms with van der Waals surface area (Å²) in [6, 6.07) is 23.9. The lowest BCUT2D eigenvalue weighted by Crippen LogP contribution is -2.23. The van der Waals surface area contributed by atoms with Gasteiger partial charge in [0.05, 0.1) is 0 Å². The van der Waals surface area contributed by atoms with E-state index in [1.165, 1.54) is 0 Å². The molecule has 0 saturated heterocycles.